The predicted molar refractivity (Wildman–Crippen MR) is 111 cm³/mol. The molecule has 0 fully saturated rings. The highest BCUT2D eigenvalue weighted by molar-refractivity contribution is 7.89. The molecule has 0 spiro atoms. The molecule has 0 bridgehead atoms. The quantitative estimate of drug-likeness (QED) is 0.715. The van der Waals surface area contributed by atoms with Gasteiger partial charge in [0.25, 0.3) is 5.91 Å². The molecule has 1 unspecified atom stereocenters. The molecule has 2 heterocycles. The Hall–Kier alpha value is -3.31. The van der Waals surface area contributed by atoms with Crippen LogP contribution in [-0.2, 0) is 19.6 Å². The van der Waals surface area contributed by atoms with Gasteiger partial charge in [-0.2, -0.15) is 4.31 Å². The van der Waals surface area contributed by atoms with E-state index in [-0.39, 0.29) is 23.3 Å². The van der Waals surface area contributed by atoms with Crippen LogP contribution in [0.1, 0.15) is 12.5 Å². The Balaban J connectivity index is 1.50. The van der Waals surface area contributed by atoms with Gasteiger partial charge in [-0.1, -0.05) is 0 Å². The number of ether oxygens (including phenoxy) is 3. The molecule has 0 aliphatic carbocycles. The first-order chi connectivity index (χ1) is 14.6. The molecule has 2 amide bonds. The zero-order chi connectivity index (χ0) is 22.3. The summed E-state index contributed by atoms with van der Waals surface area (Å²) in [6.07, 6.45) is -0.740. The molecule has 0 aromatic heterocycles. The Kier molecular flexibility index (Phi) is 5.23. The molecule has 2 aromatic rings. The average molecular weight is 447 g/mol. The second kappa shape index (κ2) is 7.75. The molecule has 164 valence electrons. The Morgan fingerprint density at radius 3 is 2.71 bits per heavy atom. The van der Waals surface area contributed by atoms with E-state index in [1.165, 1.54) is 19.2 Å². The van der Waals surface area contributed by atoms with Gasteiger partial charge in [0.2, 0.25) is 22.7 Å². The van der Waals surface area contributed by atoms with Crippen LogP contribution in [-0.4, -0.2) is 51.0 Å². The van der Waals surface area contributed by atoms with Crippen molar-refractivity contribution in [2.45, 2.75) is 24.8 Å². The summed E-state index contributed by atoms with van der Waals surface area (Å²) >= 11 is 0. The highest BCUT2D eigenvalue weighted by Gasteiger charge is 2.30. The van der Waals surface area contributed by atoms with Crippen LogP contribution in [0.25, 0.3) is 0 Å². The smallest absolute Gasteiger partial charge is 0.265 e. The van der Waals surface area contributed by atoms with Crippen molar-refractivity contribution >= 4 is 33.2 Å². The number of hydrogen-bond donors (Lipinski definition) is 2. The van der Waals surface area contributed by atoms with E-state index in [2.05, 4.69) is 10.6 Å². The fraction of sp³-hybridized carbons (Fsp3) is 0.300. The Morgan fingerprint density at radius 1 is 1.19 bits per heavy atom. The van der Waals surface area contributed by atoms with E-state index in [0.717, 1.165) is 4.31 Å². The maximum atomic E-state index is 13.1. The van der Waals surface area contributed by atoms with Crippen LogP contribution in [0, 0.1) is 6.92 Å². The van der Waals surface area contributed by atoms with Gasteiger partial charge in [-0.15, -0.1) is 0 Å². The van der Waals surface area contributed by atoms with Crippen molar-refractivity contribution in [1.29, 1.82) is 0 Å². The van der Waals surface area contributed by atoms with Crippen molar-refractivity contribution in [2.24, 2.45) is 0 Å². The molecular weight excluding hydrogens is 426 g/mol. The number of rotatable bonds is 5. The summed E-state index contributed by atoms with van der Waals surface area (Å²) in [5.74, 6) is 0.519. The maximum absolute atomic E-state index is 13.1. The molecule has 0 saturated carbocycles. The van der Waals surface area contributed by atoms with Gasteiger partial charge >= 0.3 is 0 Å². The Morgan fingerprint density at radius 2 is 1.94 bits per heavy atom. The molecule has 1 atom stereocenters. The van der Waals surface area contributed by atoms with Crippen LogP contribution in [0.4, 0.5) is 11.4 Å². The van der Waals surface area contributed by atoms with Crippen molar-refractivity contribution in [1.82, 2.24) is 4.31 Å². The van der Waals surface area contributed by atoms with Gasteiger partial charge in [0.05, 0.1) is 17.1 Å². The van der Waals surface area contributed by atoms with Crippen LogP contribution in [0.5, 0.6) is 17.2 Å². The van der Waals surface area contributed by atoms with Gasteiger partial charge in [0.15, 0.2) is 17.6 Å². The largest absolute Gasteiger partial charge is 0.479 e. The third kappa shape index (κ3) is 4.01. The molecule has 11 heteroatoms. The van der Waals surface area contributed by atoms with Crippen molar-refractivity contribution in [3.8, 4) is 17.2 Å². The Labute approximate surface area is 179 Å². The van der Waals surface area contributed by atoms with Crippen molar-refractivity contribution < 1.29 is 32.2 Å². The molecule has 2 aliphatic heterocycles. The lowest BCUT2D eigenvalue weighted by Gasteiger charge is -2.25. The summed E-state index contributed by atoms with van der Waals surface area (Å²) < 4.78 is 43.1. The fourth-order valence-corrected chi connectivity index (χ4v) is 4.60. The average Bonchev–Trinajstić information content (AvgIpc) is 3.16. The first kappa shape index (κ1) is 20.9. The molecule has 4 rings (SSSR count). The normalized spacial score (nSPS) is 17.0. The van der Waals surface area contributed by atoms with Crippen LogP contribution in [0.15, 0.2) is 35.2 Å². The van der Waals surface area contributed by atoms with Gasteiger partial charge in [0.1, 0.15) is 5.75 Å². The van der Waals surface area contributed by atoms with Gasteiger partial charge in [0, 0.05) is 24.9 Å². The highest BCUT2D eigenvalue weighted by atomic mass is 32.2. The summed E-state index contributed by atoms with van der Waals surface area (Å²) in [6.45, 7) is 2.89. The number of nitrogens with zero attached hydrogens (tertiary/aromatic N) is 1. The number of benzene rings is 2. The monoisotopic (exact) mass is 447 g/mol. The number of carbonyl (C=O) groups excluding carboxylic acids is 2. The third-order valence-electron chi connectivity index (χ3n) is 4.92. The van der Waals surface area contributed by atoms with Crippen LogP contribution < -0.4 is 24.8 Å². The summed E-state index contributed by atoms with van der Waals surface area (Å²) in [5.41, 5.74) is 1.28. The van der Waals surface area contributed by atoms with Crippen LogP contribution in [0.2, 0.25) is 0 Å². The standard InChI is InChI=1S/C20H21N3O7S/c1-11-6-14-16(30-12(2)20(25)22-14)8-18(11)31(26,27)23(3)9-19(24)21-13-4-5-15-17(7-13)29-10-28-15/h4-8,12H,9-10H2,1-3H3,(H,21,24)(H,22,25). The number of nitrogens with one attached hydrogen (secondary N) is 2. The van der Waals surface area contributed by atoms with E-state index in [0.29, 0.717) is 28.4 Å². The number of hydrogen-bond acceptors (Lipinski definition) is 7. The predicted octanol–water partition coefficient (Wildman–Crippen LogP) is 1.70. The fourth-order valence-electron chi connectivity index (χ4n) is 3.25. The Bertz CT molecular complexity index is 1180. The number of aryl methyl sites for hydroxylation is 1. The zero-order valence-corrected chi connectivity index (χ0v) is 17.9. The number of amides is 2. The summed E-state index contributed by atoms with van der Waals surface area (Å²) in [7, 11) is -2.68. The molecule has 2 aliphatic rings. The number of carbonyl (C=O) groups is 2. The van der Waals surface area contributed by atoms with Crippen molar-refractivity contribution in [3.63, 3.8) is 0 Å². The topological polar surface area (TPSA) is 123 Å². The molecule has 0 saturated heterocycles. The lowest BCUT2D eigenvalue weighted by Crippen LogP contribution is -2.36. The molecule has 0 radical (unpaired) electrons. The second-order valence-electron chi connectivity index (χ2n) is 7.24. The van der Waals surface area contributed by atoms with Gasteiger partial charge in [-0.3, -0.25) is 9.59 Å². The molecule has 2 aromatic carbocycles. The molecule has 31 heavy (non-hydrogen) atoms. The summed E-state index contributed by atoms with van der Waals surface area (Å²) in [5, 5.41) is 5.33. The number of likely N-dealkylation sites (N-methyl/N-ethyl adjacent to an activating group) is 1. The second-order valence-corrected chi connectivity index (χ2v) is 9.25. The minimum atomic E-state index is -4.00. The van der Waals surface area contributed by atoms with Crippen molar-refractivity contribution in [3.05, 3.63) is 35.9 Å². The lowest BCUT2D eigenvalue weighted by atomic mass is 10.1. The van der Waals surface area contributed by atoms with E-state index in [1.807, 2.05) is 0 Å². The summed E-state index contributed by atoms with van der Waals surface area (Å²) in [4.78, 5) is 24.2. The van der Waals surface area contributed by atoms with Crippen LogP contribution in [0.3, 0.4) is 0 Å². The molecule has 2 N–H and O–H groups in total. The summed E-state index contributed by atoms with van der Waals surface area (Å²) in [6, 6.07) is 7.80. The third-order valence-corrected chi connectivity index (χ3v) is 6.86. The van der Waals surface area contributed by atoms with E-state index in [9.17, 15) is 18.0 Å². The SMILES string of the molecule is Cc1cc2c(cc1S(=O)(=O)N(C)CC(=O)Nc1ccc3c(c1)OCO3)OC(C)C(=O)N2. The van der Waals surface area contributed by atoms with Gasteiger partial charge in [-0.05, 0) is 37.6 Å². The van der Waals surface area contributed by atoms with Crippen LogP contribution >= 0.6 is 0 Å². The molecule has 10 nitrogen and oxygen atoms in total. The first-order valence-electron chi connectivity index (χ1n) is 9.43. The van der Waals surface area contributed by atoms with E-state index < -0.39 is 28.6 Å². The minimum absolute atomic E-state index is 0.00650. The number of anilines is 2. The molecular formula is C20H21N3O7S. The lowest BCUT2D eigenvalue weighted by molar-refractivity contribution is -0.122. The first-order valence-corrected chi connectivity index (χ1v) is 10.9. The van der Waals surface area contributed by atoms with E-state index >= 15 is 0 Å². The van der Waals surface area contributed by atoms with Gasteiger partial charge < -0.3 is 24.8 Å². The number of sulfonamides is 1. The van der Waals surface area contributed by atoms with Gasteiger partial charge in [-0.25, -0.2) is 8.42 Å². The highest BCUT2D eigenvalue weighted by Crippen LogP contribution is 2.36. The minimum Gasteiger partial charge on any atom is -0.479 e. The van der Waals surface area contributed by atoms with Crippen molar-refractivity contribution in [2.75, 3.05) is 31.0 Å². The maximum Gasteiger partial charge on any atom is 0.265 e. The zero-order valence-electron chi connectivity index (χ0n) is 17.1. The van der Waals surface area contributed by atoms with E-state index in [4.69, 9.17) is 14.2 Å². The number of fused-ring (bicyclic) bond motifs is 2. The van der Waals surface area contributed by atoms with E-state index in [1.54, 1.807) is 32.0 Å².